The van der Waals surface area contributed by atoms with E-state index in [2.05, 4.69) is 31.1 Å². The quantitative estimate of drug-likeness (QED) is 0.662. The Balaban J connectivity index is 2.25. The maximum atomic E-state index is 13.9. The largest absolute Gasteiger partial charge is 0.319 e. The van der Waals surface area contributed by atoms with Crippen molar-refractivity contribution in [2.24, 2.45) is 7.05 Å². The molecule has 0 spiro atoms. The van der Waals surface area contributed by atoms with Crippen molar-refractivity contribution in [1.29, 1.82) is 0 Å². The second-order valence-corrected chi connectivity index (χ2v) is 5.88. The van der Waals surface area contributed by atoms with Crippen molar-refractivity contribution in [2.75, 3.05) is 0 Å². The minimum atomic E-state index is -0.338. The van der Waals surface area contributed by atoms with Gasteiger partial charge >= 0.3 is 0 Å². The van der Waals surface area contributed by atoms with Crippen LogP contribution >= 0.6 is 27.5 Å². The molecule has 0 amide bonds. The highest BCUT2D eigenvalue weighted by atomic mass is 79.9. The predicted molar refractivity (Wildman–Crippen MR) is 81.8 cm³/mol. The summed E-state index contributed by atoms with van der Waals surface area (Å²) in [5.41, 5.74) is 1.37. The van der Waals surface area contributed by atoms with Crippen LogP contribution in [0.1, 0.15) is 24.6 Å². The van der Waals surface area contributed by atoms with Crippen molar-refractivity contribution in [3.05, 3.63) is 40.4 Å². The zero-order chi connectivity index (χ0) is 15.1. The first-order chi connectivity index (χ1) is 10.0. The number of nitrogens with zero attached hydrogens (tertiary/aromatic N) is 5. The summed E-state index contributed by atoms with van der Waals surface area (Å²) in [4.78, 5) is 4.47. The van der Waals surface area contributed by atoms with Crippen LogP contribution in [0.4, 0.5) is 4.39 Å². The number of halogens is 3. The lowest BCUT2D eigenvalue weighted by Crippen LogP contribution is -2.14. The van der Waals surface area contributed by atoms with E-state index in [4.69, 9.17) is 11.6 Å². The highest BCUT2D eigenvalue weighted by molar-refractivity contribution is 9.10. The first-order valence-corrected chi connectivity index (χ1v) is 7.61. The Kier molecular flexibility index (Phi) is 3.71. The molecule has 0 saturated heterocycles. The fourth-order valence-corrected chi connectivity index (χ4v) is 2.97. The number of hydrogen-bond acceptors (Lipinski definition) is 3. The highest BCUT2D eigenvalue weighted by Crippen LogP contribution is 2.29. The van der Waals surface area contributed by atoms with Crippen molar-refractivity contribution >= 4 is 38.6 Å². The molecule has 5 nitrogen and oxygen atoms in total. The molecule has 0 aliphatic heterocycles. The van der Waals surface area contributed by atoms with Crippen molar-refractivity contribution in [1.82, 2.24) is 24.3 Å². The lowest BCUT2D eigenvalue weighted by atomic mass is 10.2. The molecule has 0 aliphatic rings. The van der Waals surface area contributed by atoms with Crippen LogP contribution < -0.4 is 0 Å². The molecular weight excluding hydrogens is 361 g/mol. The summed E-state index contributed by atoms with van der Waals surface area (Å²) in [6, 6.07) is 2.95. The van der Waals surface area contributed by atoms with Crippen LogP contribution in [0.25, 0.3) is 11.0 Å². The SMILES string of the molecule is CC(c1nncn1C)n1c(CCl)nc2cc(Br)c(F)cc21. The minimum Gasteiger partial charge on any atom is -0.319 e. The van der Waals surface area contributed by atoms with Crippen LogP contribution in [0, 0.1) is 5.82 Å². The van der Waals surface area contributed by atoms with E-state index in [1.807, 2.05) is 23.1 Å². The van der Waals surface area contributed by atoms with E-state index >= 15 is 0 Å². The van der Waals surface area contributed by atoms with Crippen molar-refractivity contribution < 1.29 is 4.39 Å². The molecule has 1 aromatic carbocycles. The number of aryl methyl sites for hydroxylation is 1. The van der Waals surface area contributed by atoms with Crippen LogP contribution in [0.5, 0.6) is 0 Å². The second kappa shape index (κ2) is 5.38. The number of imidazole rings is 1. The van der Waals surface area contributed by atoms with Gasteiger partial charge in [-0.3, -0.25) is 0 Å². The van der Waals surface area contributed by atoms with Crippen molar-refractivity contribution in [3.8, 4) is 0 Å². The summed E-state index contributed by atoms with van der Waals surface area (Å²) >= 11 is 9.17. The molecule has 2 heterocycles. The molecule has 0 N–H and O–H groups in total. The van der Waals surface area contributed by atoms with Crippen LogP contribution in [0.2, 0.25) is 0 Å². The monoisotopic (exact) mass is 371 g/mol. The van der Waals surface area contributed by atoms with Gasteiger partial charge in [0.1, 0.15) is 18.0 Å². The minimum absolute atomic E-state index is 0.156. The van der Waals surface area contributed by atoms with Crippen LogP contribution in [0.15, 0.2) is 22.9 Å². The molecule has 1 atom stereocenters. The summed E-state index contributed by atoms with van der Waals surface area (Å²) in [6.07, 6.45) is 1.63. The first kappa shape index (κ1) is 14.5. The van der Waals surface area contributed by atoms with Crippen molar-refractivity contribution in [2.45, 2.75) is 18.8 Å². The summed E-state index contributed by atoms with van der Waals surface area (Å²) in [7, 11) is 1.86. The number of rotatable bonds is 3. The second-order valence-electron chi connectivity index (χ2n) is 4.76. The Labute approximate surface area is 133 Å². The van der Waals surface area contributed by atoms with Crippen LogP contribution in [-0.4, -0.2) is 24.3 Å². The topological polar surface area (TPSA) is 48.5 Å². The third-order valence-electron chi connectivity index (χ3n) is 3.43. The zero-order valence-corrected chi connectivity index (χ0v) is 13.7. The number of aromatic nitrogens is 5. The van der Waals surface area contributed by atoms with E-state index in [-0.39, 0.29) is 17.7 Å². The van der Waals surface area contributed by atoms with Gasteiger partial charge in [0.15, 0.2) is 5.82 Å². The Bertz CT molecular complexity index is 812. The average molecular weight is 373 g/mol. The third-order valence-corrected chi connectivity index (χ3v) is 4.28. The molecule has 0 fully saturated rings. The molecule has 0 radical (unpaired) electrons. The predicted octanol–water partition coefficient (Wildman–Crippen LogP) is 3.41. The molecule has 8 heteroatoms. The number of alkyl halides is 1. The van der Waals surface area contributed by atoms with Crippen LogP contribution in [0.3, 0.4) is 0 Å². The third kappa shape index (κ3) is 2.34. The van der Waals surface area contributed by atoms with Gasteiger partial charge in [-0.25, -0.2) is 9.37 Å². The van der Waals surface area contributed by atoms with Gasteiger partial charge < -0.3 is 9.13 Å². The molecular formula is C13H12BrClFN5. The fourth-order valence-electron chi connectivity index (χ4n) is 2.45. The highest BCUT2D eigenvalue weighted by Gasteiger charge is 2.21. The molecule has 0 saturated carbocycles. The summed E-state index contributed by atoms with van der Waals surface area (Å²) < 4.78 is 18.0. The standard InChI is InChI=1S/C13H12BrClFN5/c1-7(13-19-17-6-20(13)2)21-11-4-9(16)8(14)3-10(11)18-12(21)5-15/h3-4,6-7H,5H2,1-2H3. The maximum Gasteiger partial charge on any atom is 0.155 e. The molecule has 1 unspecified atom stereocenters. The van der Waals surface area contributed by atoms with Gasteiger partial charge in [-0.2, -0.15) is 0 Å². The molecule has 3 aromatic rings. The van der Waals surface area contributed by atoms with E-state index in [0.717, 1.165) is 5.82 Å². The molecule has 110 valence electrons. The van der Waals surface area contributed by atoms with Gasteiger partial charge in [-0.1, -0.05) is 0 Å². The van der Waals surface area contributed by atoms with Gasteiger partial charge in [0.2, 0.25) is 0 Å². The summed E-state index contributed by atoms with van der Waals surface area (Å²) in [5, 5.41) is 8.00. The van der Waals surface area contributed by atoms with E-state index in [0.29, 0.717) is 21.3 Å². The van der Waals surface area contributed by atoms with Gasteiger partial charge in [-0.15, -0.1) is 21.8 Å². The normalized spacial score (nSPS) is 13.0. The van der Waals surface area contributed by atoms with Gasteiger partial charge in [-0.05, 0) is 28.9 Å². The van der Waals surface area contributed by atoms with E-state index in [1.165, 1.54) is 6.07 Å². The van der Waals surface area contributed by atoms with Gasteiger partial charge in [0.05, 0.1) is 27.4 Å². The maximum absolute atomic E-state index is 13.9. The Hall–Kier alpha value is -1.47. The Morgan fingerprint density at radius 2 is 2.19 bits per heavy atom. The summed E-state index contributed by atoms with van der Waals surface area (Å²) in [6.45, 7) is 1.96. The number of hydrogen-bond donors (Lipinski definition) is 0. The number of benzene rings is 1. The van der Waals surface area contributed by atoms with E-state index < -0.39 is 0 Å². The van der Waals surface area contributed by atoms with E-state index in [9.17, 15) is 4.39 Å². The number of fused-ring (bicyclic) bond motifs is 1. The van der Waals surface area contributed by atoms with Crippen molar-refractivity contribution in [3.63, 3.8) is 0 Å². The Morgan fingerprint density at radius 3 is 2.81 bits per heavy atom. The zero-order valence-electron chi connectivity index (χ0n) is 11.4. The molecule has 0 aliphatic carbocycles. The molecule has 3 rings (SSSR count). The smallest absolute Gasteiger partial charge is 0.155 e. The lowest BCUT2D eigenvalue weighted by molar-refractivity contribution is 0.569. The van der Waals surface area contributed by atoms with Gasteiger partial charge in [0.25, 0.3) is 0 Å². The molecule has 21 heavy (non-hydrogen) atoms. The Morgan fingerprint density at radius 1 is 1.43 bits per heavy atom. The first-order valence-electron chi connectivity index (χ1n) is 6.28. The van der Waals surface area contributed by atoms with Gasteiger partial charge in [0, 0.05) is 13.1 Å². The lowest BCUT2D eigenvalue weighted by Gasteiger charge is -2.16. The summed E-state index contributed by atoms with van der Waals surface area (Å²) in [5.74, 6) is 1.31. The van der Waals surface area contributed by atoms with E-state index in [1.54, 1.807) is 12.4 Å². The fraction of sp³-hybridized carbons (Fsp3) is 0.308. The average Bonchev–Trinajstić information content (AvgIpc) is 3.02. The molecule has 0 bridgehead atoms. The van der Waals surface area contributed by atoms with Crippen LogP contribution in [-0.2, 0) is 12.9 Å². The molecule has 2 aromatic heterocycles.